The molecule has 2 rings (SSSR count). The lowest BCUT2D eigenvalue weighted by Gasteiger charge is -2.20. The number of nitrogens with zero attached hydrogens (tertiary/aromatic N) is 1. The van der Waals surface area contributed by atoms with E-state index in [0.717, 1.165) is 18.4 Å². The van der Waals surface area contributed by atoms with Gasteiger partial charge in [-0.2, -0.15) is 4.31 Å². The van der Waals surface area contributed by atoms with Gasteiger partial charge in [0.2, 0.25) is 10.0 Å². The van der Waals surface area contributed by atoms with Crippen LogP contribution in [0.5, 0.6) is 0 Å². The second-order valence-electron chi connectivity index (χ2n) is 4.77. The van der Waals surface area contributed by atoms with E-state index in [2.05, 4.69) is 11.9 Å². The molecule has 0 aliphatic heterocycles. The van der Waals surface area contributed by atoms with Gasteiger partial charge in [-0.15, -0.1) is 6.58 Å². The molecule has 0 spiro atoms. The summed E-state index contributed by atoms with van der Waals surface area (Å²) in [6.07, 6.45) is 3.54. The molecule has 1 aliphatic rings. The van der Waals surface area contributed by atoms with Crippen molar-refractivity contribution in [2.75, 3.05) is 13.6 Å². The minimum atomic E-state index is -3.41. The van der Waals surface area contributed by atoms with Crippen LogP contribution in [-0.4, -0.2) is 32.4 Å². The molecule has 1 aromatic carbocycles. The summed E-state index contributed by atoms with van der Waals surface area (Å²) in [6, 6.07) is 7.26. The number of rotatable bonds is 7. The SMILES string of the molecule is C=CCN(C1CC1)S(=O)(=O)c1cccc(CNC)c1. The largest absolute Gasteiger partial charge is 0.316 e. The first-order chi connectivity index (χ1) is 9.09. The van der Waals surface area contributed by atoms with Crippen molar-refractivity contribution in [1.82, 2.24) is 9.62 Å². The number of sulfonamides is 1. The zero-order valence-corrected chi connectivity index (χ0v) is 12.0. The molecule has 1 fully saturated rings. The van der Waals surface area contributed by atoms with Gasteiger partial charge in [0, 0.05) is 19.1 Å². The van der Waals surface area contributed by atoms with Crippen molar-refractivity contribution in [2.45, 2.75) is 30.3 Å². The smallest absolute Gasteiger partial charge is 0.243 e. The Morgan fingerprint density at radius 2 is 2.21 bits per heavy atom. The molecule has 0 radical (unpaired) electrons. The molecule has 1 aromatic rings. The van der Waals surface area contributed by atoms with Crippen molar-refractivity contribution in [3.8, 4) is 0 Å². The molecular formula is C14H20N2O2S. The van der Waals surface area contributed by atoms with Gasteiger partial charge in [-0.05, 0) is 37.6 Å². The molecule has 1 saturated carbocycles. The first kappa shape index (κ1) is 14.2. The Morgan fingerprint density at radius 1 is 1.47 bits per heavy atom. The fraction of sp³-hybridized carbons (Fsp3) is 0.429. The average Bonchev–Trinajstić information content (AvgIpc) is 3.21. The van der Waals surface area contributed by atoms with Crippen LogP contribution in [0.25, 0.3) is 0 Å². The highest BCUT2D eigenvalue weighted by Crippen LogP contribution is 2.32. The van der Waals surface area contributed by atoms with Gasteiger partial charge < -0.3 is 5.32 Å². The molecule has 0 bridgehead atoms. The molecule has 0 amide bonds. The van der Waals surface area contributed by atoms with Crippen LogP contribution >= 0.6 is 0 Å². The summed E-state index contributed by atoms with van der Waals surface area (Å²) >= 11 is 0. The van der Waals surface area contributed by atoms with Gasteiger partial charge in [-0.25, -0.2) is 8.42 Å². The number of nitrogens with one attached hydrogen (secondary N) is 1. The second-order valence-corrected chi connectivity index (χ2v) is 6.66. The highest BCUT2D eigenvalue weighted by Gasteiger charge is 2.37. The lowest BCUT2D eigenvalue weighted by molar-refractivity contribution is 0.436. The first-order valence-corrected chi connectivity index (χ1v) is 7.90. The van der Waals surface area contributed by atoms with E-state index >= 15 is 0 Å². The van der Waals surface area contributed by atoms with Gasteiger partial charge >= 0.3 is 0 Å². The van der Waals surface area contributed by atoms with Crippen LogP contribution in [0.3, 0.4) is 0 Å². The van der Waals surface area contributed by atoms with Gasteiger partial charge in [-0.3, -0.25) is 0 Å². The molecule has 0 heterocycles. The zero-order chi connectivity index (χ0) is 13.9. The van der Waals surface area contributed by atoms with E-state index in [4.69, 9.17) is 0 Å². The summed E-state index contributed by atoms with van der Waals surface area (Å²) in [5.41, 5.74) is 0.970. The monoisotopic (exact) mass is 280 g/mol. The molecule has 4 nitrogen and oxygen atoms in total. The van der Waals surface area contributed by atoms with E-state index in [9.17, 15) is 8.42 Å². The van der Waals surface area contributed by atoms with E-state index in [1.54, 1.807) is 28.6 Å². The van der Waals surface area contributed by atoms with Crippen molar-refractivity contribution in [3.05, 3.63) is 42.5 Å². The van der Waals surface area contributed by atoms with Crippen LogP contribution in [0.1, 0.15) is 18.4 Å². The van der Waals surface area contributed by atoms with E-state index in [1.807, 2.05) is 13.1 Å². The minimum Gasteiger partial charge on any atom is -0.316 e. The summed E-state index contributed by atoms with van der Waals surface area (Å²) in [5, 5.41) is 3.03. The molecule has 1 N–H and O–H groups in total. The van der Waals surface area contributed by atoms with E-state index in [0.29, 0.717) is 18.0 Å². The van der Waals surface area contributed by atoms with Crippen molar-refractivity contribution in [1.29, 1.82) is 0 Å². The third-order valence-electron chi connectivity index (χ3n) is 3.15. The molecule has 1 aliphatic carbocycles. The number of hydrogen-bond acceptors (Lipinski definition) is 3. The molecule has 0 aromatic heterocycles. The van der Waals surface area contributed by atoms with Crippen molar-refractivity contribution < 1.29 is 8.42 Å². The molecule has 0 unspecified atom stereocenters. The van der Waals surface area contributed by atoms with Gasteiger partial charge in [0.1, 0.15) is 0 Å². The van der Waals surface area contributed by atoms with Gasteiger partial charge in [0.25, 0.3) is 0 Å². The average molecular weight is 280 g/mol. The summed E-state index contributed by atoms with van der Waals surface area (Å²) in [6.45, 7) is 4.69. The topological polar surface area (TPSA) is 49.4 Å². The zero-order valence-electron chi connectivity index (χ0n) is 11.2. The van der Waals surface area contributed by atoms with Crippen molar-refractivity contribution in [3.63, 3.8) is 0 Å². The molecule has 0 atom stereocenters. The van der Waals surface area contributed by atoms with Gasteiger partial charge in [0.05, 0.1) is 4.90 Å². The highest BCUT2D eigenvalue weighted by atomic mass is 32.2. The quantitative estimate of drug-likeness (QED) is 0.774. The molecule has 0 saturated heterocycles. The van der Waals surface area contributed by atoms with Crippen LogP contribution in [-0.2, 0) is 16.6 Å². The molecule has 19 heavy (non-hydrogen) atoms. The third-order valence-corrected chi connectivity index (χ3v) is 5.06. The normalized spacial score (nSPS) is 15.7. The van der Waals surface area contributed by atoms with Crippen LogP contribution in [0, 0.1) is 0 Å². The predicted molar refractivity (Wildman–Crippen MR) is 76.3 cm³/mol. The lowest BCUT2D eigenvalue weighted by atomic mass is 10.2. The van der Waals surface area contributed by atoms with Crippen LogP contribution in [0.4, 0.5) is 0 Å². The summed E-state index contributed by atoms with van der Waals surface area (Å²) in [7, 11) is -1.56. The first-order valence-electron chi connectivity index (χ1n) is 6.46. The molecule has 5 heteroatoms. The predicted octanol–water partition coefficient (Wildman–Crippen LogP) is 1.75. The van der Waals surface area contributed by atoms with E-state index in [1.165, 1.54) is 0 Å². The summed E-state index contributed by atoms with van der Waals surface area (Å²) in [5.74, 6) is 0. The Kier molecular flexibility index (Phi) is 4.39. The maximum Gasteiger partial charge on any atom is 0.243 e. The standard InChI is InChI=1S/C14H20N2O2S/c1-3-9-16(13-7-8-13)19(17,18)14-6-4-5-12(10-14)11-15-2/h3-6,10,13,15H,1,7-9,11H2,2H3. The Hall–Kier alpha value is -1.17. The fourth-order valence-corrected chi connectivity index (χ4v) is 3.82. The minimum absolute atomic E-state index is 0.149. The summed E-state index contributed by atoms with van der Waals surface area (Å²) < 4.78 is 26.8. The van der Waals surface area contributed by atoms with Crippen molar-refractivity contribution in [2.24, 2.45) is 0 Å². The number of hydrogen-bond donors (Lipinski definition) is 1. The Labute approximate surface area is 115 Å². The van der Waals surface area contributed by atoms with Crippen LogP contribution in [0.15, 0.2) is 41.8 Å². The van der Waals surface area contributed by atoms with Crippen LogP contribution in [0.2, 0.25) is 0 Å². The third kappa shape index (κ3) is 3.23. The van der Waals surface area contributed by atoms with E-state index in [-0.39, 0.29) is 6.04 Å². The van der Waals surface area contributed by atoms with Gasteiger partial charge in [0.15, 0.2) is 0 Å². The van der Waals surface area contributed by atoms with Gasteiger partial charge in [-0.1, -0.05) is 18.2 Å². The Balaban J connectivity index is 2.31. The Bertz CT molecular complexity index is 550. The molecular weight excluding hydrogens is 260 g/mol. The fourth-order valence-electron chi connectivity index (χ4n) is 2.09. The highest BCUT2D eigenvalue weighted by molar-refractivity contribution is 7.89. The second kappa shape index (κ2) is 5.86. The summed E-state index contributed by atoms with van der Waals surface area (Å²) in [4.78, 5) is 0.369. The van der Waals surface area contributed by atoms with E-state index < -0.39 is 10.0 Å². The van der Waals surface area contributed by atoms with Crippen LogP contribution < -0.4 is 5.32 Å². The van der Waals surface area contributed by atoms with Crippen molar-refractivity contribution >= 4 is 10.0 Å². The maximum atomic E-state index is 12.6. The lowest BCUT2D eigenvalue weighted by Crippen LogP contribution is -2.33. The number of benzene rings is 1. The Morgan fingerprint density at radius 3 is 2.79 bits per heavy atom. The maximum absolute atomic E-state index is 12.6. The molecule has 104 valence electrons.